The van der Waals surface area contributed by atoms with E-state index in [1.807, 2.05) is 13.1 Å². The van der Waals surface area contributed by atoms with Crippen LogP contribution in [0.2, 0.25) is 18.1 Å². The average Bonchev–Trinajstić information content (AvgIpc) is 3.34. The Morgan fingerprint density at radius 2 is 1.65 bits per heavy atom. The van der Waals surface area contributed by atoms with Crippen molar-refractivity contribution in [1.82, 2.24) is 14.7 Å². The molecule has 0 bridgehead atoms. The summed E-state index contributed by atoms with van der Waals surface area (Å²) in [5.74, 6) is -4.28. The molecule has 0 aromatic carbocycles. The second-order valence-electron chi connectivity index (χ2n) is 13.3. The number of hydrogen-bond acceptors (Lipinski definition) is 10. The molecule has 0 unspecified atom stereocenters. The molecule has 4 amide bonds. The van der Waals surface area contributed by atoms with Gasteiger partial charge in [-0.15, -0.1) is 0 Å². The van der Waals surface area contributed by atoms with Crippen LogP contribution in [0.15, 0.2) is 37.0 Å². The summed E-state index contributed by atoms with van der Waals surface area (Å²) in [6.45, 7) is 20.3. The Labute approximate surface area is 272 Å². The first-order valence-corrected chi connectivity index (χ1v) is 18.1. The van der Waals surface area contributed by atoms with Crippen LogP contribution < -0.4 is 0 Å². The van der Waals surface area contributed by atoms with Gasteiger partial charge in [-0.1, -0.05) is 52.2 Å². The van der Waals surface area contributed by atoms with E-state index in [9.17, 15) is 28.8 Å². The van der Waals surface area contributed by atoms with E-state index in [4.69, 9.17) is 18.6 Å². The van der Waals surface area contributed by atoms with Gasteiger partial charge in [-0.2, -0.15) is 0 Å². The molecule has 5 atom stereocenters. The topological polar surface area (TPSA) is 149 Å². The summed E-state index contributed by atoms with van der Waals surface area (Å²) in [5, 5.41) is -0.165. The molecule has 14 heteroatoms. The zero-order valence-corrected chi connectivity index (χ0v) is 29.5. The Morgan fingerprint density at radius 3 is 2.20 bits per heavy atom. The van der Waals surface area contributed by atoms with Crippen molar-refractivity contribution in [3.05, 3.63) is 37.0 Å². The molecule has 2 fully saturated rings. The van der Waals surface area contributed by atoms with Crippen molar-refractivity contribution in [1.29, 1.82) is 0 Å². The molecule has 2 saturated heterocycles. The number of β-lactam (4-membered cyclic amide) rings is 1. The van der Waals surface area contributed by atoms with Crippen LogP contribution in [-0.2, 0) is 37.8 Å². The Bertz CT molecular complexity index is 1250. The number of ether oxygens (including phenoxy) is 3. The molecule has 2 aliphatic heterocycles. The monoisotopic (exact) mass is 663 g/mol. The van der Waals surface area contributed by atoms with Gasteiger partial charge >= 0.3 is 24.1 Å². The second kappa shape index (κ2) is 15.7. The van der Waals surface area contributed by atoms with E-state index in [1.165, 1.54) is 36.0 Å². The first-order chi connectivity index (χ1) is 21.3. The molecule has 256 valence electrons. The fourth-order valence-electron chi connectivity index (χ4n) is 5.03. The summed E-state index contributed by atoms with van der Waals surface area (Å²) in [7, 11) is 0.728. The largest absolute Gasteiger partial charge is 0.454 e. The maximum atomic E-state index is 13.6. The number of imide groups is 1. The summed E-state index contributed by atoms with van der Waals surface area (Å²) in [6.07, 6.45) is 1.70. The van der Waals surface area contributed by atoms with Crippen LogP contribution >= 0.6 is 0 Å². The molecule has 0 spiro atoms. The lowest BCUT2D eigenvalue weighted by Crippen LogP contribution is -2.68. The zero-order chi connectivity index (χ0) is 35.1. The van der Waals surface area contributed by atoms with E-state index in [0.29, 0.717) is 0 Å². The van der Waals surface area contributed by atoms with Crippen molar-refractivity contribution >= 4 is 44.1 Å². The second-order valence-corrected chi connectivity index (χ2v) is 18.0. The highest BCUT2D eigenvalue weighted by Gasteiger charge is 2.56. The third-order valence-electron chi connectivity index (χ3n) is 8.56. The van der Waals surface area contributed by atoms with Gasteiger partial charge in [0.25, 0.3) is 0 Å². The lowest BCUT2D eigenvalue weighted by atomic mass is 9.79. The van der Waals surface area contributed by atoms with Gasteiger partial charge in [-0.05, 0) is 37.6 Å². The lowest BCUT2D eigenvalue weighted by molar-refractivity contribution is -0.179. The Balaban J connectivity index is 2.36. The van der Waals surface area contributed by atoms with Gasteiger partial charge in [0.1, 0.15) is 19.3 Å². The normalized spacial score (nSPS) is 22.4. The smallest absolute Gasteiger partial charge is 0.410 e. The summed E-state index contributed by atoms with van der Waals surface area (Å²) in [4.78, 5) is 80.8. The average molecular weight is 664 g/mol. The van der Waals surface area contributed by atoms with E-state index in [2.05, 4.69) is 33.9 Å². The van der Waals surface area contributed by atoms with Crippen LogP contribution in [0.4, 0.5) is 9.59 Å². The number of amides is 4. The number of ketones is 1. The number of hydrogen-bond donors (Lipinski definition) is 0. The van der Waals surface area contributed by atoms with Crippen LogP contribution in [-0.4, -0.2) is 117 Å². The molecule has 2 aliphatic rings. The maximum Gasteiger partial charge on any atom is 0.410 e. The number of carbonyl (C=O) groups is 6. The van der Waals surface area contributed by atoms with Gasteiger partial charge in [0.05, 0.1) is 30.7 Å². The summed E-state index contributed by atoms with van der Waals surface area (Å²) >= 11 is 0. The first-order valence-electron chi connectivity index (χ1n) is 15.2. The summed E-state index contributed by atoms with van der Waals surface area (Å²) in [5.41, 5.74) is 0.254. The minimum Gasteiger partial charge on any atom is -0.454 e. The number of Topliss-reactive ketones (excluding diaryl/α,β-unsaturated/α-hetero) is 1. The third kappa shape index (κ3) is 9.15. The molecule has 0 saturated carbocycles. The molecule has 2 heterocycles. The van der Waals surface area contributed by atoms with E-state index >= 15 is 0 Å². The standard InChI is InChI=1S/C32H49N3O10Si/c1-12-14-42-29(39)28(38)35-24(26(27(35)37)21(4)45-46(10,11)32(5,6)7)18-25(36)20(3)16-22-17-23(44-30(40)33(8)9)19-34(22)31(41)43-15-13-2/h12-13,16,21-24,26H,1-2,14-15,17-19H2,3-11H3/t21-,22-,23-,24-,26-/m1/s1. The maximum absolute atomic E-state index is 13.6. The summed E-state index contributed by atoms with van der Waals surface area (Å²) in [6, 6.07) is -1.61. The number of nitrogens with zero attached hydrogens (tertiary/aromatic N) is 3. The fourth-order valence-corrected chi connectivity index (χ4v) is 6.46. The van der Waals surface area contributed by atoms with Crippen molar-refractivity contribution in [2.24, 2.45) is 5.92 Å². The van der Waals surface area contributed by atoms with Gasteiger partial charge in [-0.25, -0.2) is 14.4 Å². The number of carbonyl (C=O) groups excluding carboxylic acids is 6. The van der Waals surface area contributed by atoms with Gasteiger partial charge in [0, 0.05) is 26.9 Å². The predicted octanol–water partition coefficient (Wildman–Crippen LogP) is 3.85. The molecular weight excluding hydrogens is 614 g/mol. The van der Waals surface area contributed by atoms with Gasteiger partial charge in [0.2, 0.25) is 5.91 Å². The van der Waals surface area contributed by atoms with E-state index in [-0.39, 0.29) is 43.2 Å². The van der Waals surface area contributed by atoms with Crippen molar-refractivity contribution in [2.75, 3.05) is 33.9 Å². The first kappa shape index (κ1) is 38.4. The van der Waals surface area contributed by atoms with Gasteiger partial charge in [-0.3, -0.25) is 24.2 Å². The number of allylic oxidation sites excluding steroid dienone is 1. The highest BCUT2D eigenvalue weighted by molar-refractivity contribution is 6.74. The van der Waals surface area contributed by atoms with Crippen molar-refractivity contribution in [3.8, 4) is 0 Å². The van der Waals surface area contributed by atoms with E-state index in [1.54, 1.807) is 19.9 Å². The quantitative estimate of drug-likeness (QED) is 0.0573. The van der Waals surface area contributed by atoms with Crippen LogP contribution in [0.5, 0.6) is 0 Å². The molecule has 46 heavy (non-hydrogen) atoms. The zero-order valence-electron chi connectivity index (χ0n) is 28.5. The van der Waals surface area contributed by atoms with Crippen molar-refractivity contribution in [2.45, 2.75) is 89.9 Å². The molecule has 2 rings (SSSR count). The summed E-state index contributed by atoms with van der Waals surface area (Å²) < 4.78 is 22.0. The Hall–Kier alpha value is -3.78. The van der Waals surface area contributed by atoms with Crippen LogP contribution in [0.3, 0.4) is 0 Å². The van der Waals surface area contributed by atoms with Crippen LogP contribution in [0.25, 0.3) is 0 Å². The molecule has 0 aliphatic carbocycles. The van der Waals surface area contributed by atoms with Crippen molar-refractivity contribution < 1.29 is 47.4 Å². The Morgan fingerprint density at radius 1 is 1.07 bits per heavy atom. The third-order valence-corrected chi connectivity index (χ3v) is 13.1. The number of rotatable bonds is 12. The highest BCUT2D eigenvalue weighted by Crippen LogP contribution is 2.41. The van der Waals surface area contributed by atoms with Gasteiger partial charge < -0.3 is 23.5 Å². The van der Waals surface area contributed by atoms with E-state index < -0.39 is 74.3 Å². The van der Waals surface area contributed by atoms with Crippen LogP contribution in [0, 0.1) is 5.92 Å². The lowest BCUT2D eigenvalue weighted by Gasteiger charge is -2.49. The van der Waals surface area contributed by atoms with Gasteiger partial charge in [0.15, 0.2) is 14.1 Å². The number of esters is 1. The van der Waals surface area contributed by atoms with E-state index in [0.717, 1.165) is 4.90 Å². The minimum absolute atomic E-state index is 0.0306. The minimum atomic E-state index is -2.35. The van der Waals surface area contributed by atoms with Crippen LogP contribution in [0.1, 0.15) is 47.5 Å². The highest BCUT2D eigenvalue weighted by atomic mass is 28.4. The molecular formula is C32H49N3O10Si. The molecule has 0 radical (unpaired) electrons. The van der Waals surface area contributed by atoms with Crippen molar-refractivity contribution in [3.63, 3.8) is 0 Å². The predicted molar refractivity (Wildman–Crippen MR) is 172 cm³/mol. The molecule has 0 N–H and O–H groups in total. The SMILES string of the molecule is C=CCOC(=O)C(=O)N1C(=O)[C@H]([C@@H](C)O[Si](C)(C)C(C)(C)C)[C@H]1CC(=O)C(C)=C[C@@H]1C[C@@H](OC(=O)N(C)C)CN1C(=O)OCC=C. The molecule has 13 nitrogen and oxygen atoms in total. The fraction of sp³-hybridized carbons (Fsp3) is 0.625. The molecule has 0 aromatic rings. The Kier molecular flexibility index (Phi) is 13.1. The molecule has 0 aromatic heterocycles. The number of likely N-dealkylation sites (tertiary alicyclic amines) is 2.